The number of methoxy groups -OCH3 is 1. The van der Waals surface area contributed by atoms with Gasteiger partial charge in [-0.15, -0.1) is 0 Å². The molecule has 0 saturated carbocycles. The number of carbonyl (C=O) groups is 2. The lowest BCUT2D eigenvalue weighted by atomic mass is 10.0. The smallest absolute Gasteiger partial charge is 0.307 e. The molecule has 1 N–H and O–H groups in total. The minimum atomic E-state index is -0.483. The molecular formula is C22H19BrN2O3. The van der Waals surface area contributed by atoms with Crippen LogP contribution >= 0.6 is 15.9 Å². The van der Waals surface area contributed by atoms with Crippen LogP contribution in [0.15, 0.2) is 71.3 Å². The molecule has 0 saturated heterocycles. The van der Waals surface area contributed by atoms with Gasteiger partial charge in [-0.25, -0.2) is 0 Å². The fourth-order valence-corrected chi connectivity index (χ4v) is 3.11. The highest BCUT2D eigenvalue weighted by Crippen LogP contribution is 2.21. The Morgan fingerprint density at radius 3 is 2.64 bits per heavy atom. The van der Waals surface area contributed by atoms with Gasteiger partial charge in [-0.3, -0.25) is 14.6 Å². The number of halogens is 1. The maximum Gasteiger partial charge on any atom is 0.307 e. The Labute approximate surface area is 171 Å². The predicted molar refractivity (Wildman–Crippen MR) is 112 cm³/mol. The molecule has 142 valence electrons. The minimum Gasteiger partial charge on any atom is -0.469 e. The van der Waals surface area contributed by atoms with Gasteiger partial charge in [-0.2, -0.15) is 0 Å². The van der Waals surface area contributed by atoms with Crippen LogP contribution in [0.4, 0.5) is 0 Å². The molecule has 0 aliphatic carbocycles. The summed E-state index contributed by atoms with van der Waals surface area (Å²) in [6.07, 6.45) is 4.95. The number of rotatable bonds is 6. The number of hydrogen-bond acceptors (Lipinski definition) is 4. The number of carbonyl (C=O) groups excluding carboxylic acids is 2. The van der Waals surface area contributed by atoms with Gasteiger partial charge in [0.05, 0.1) is 25.1 Å². The topological polar surface area (TPSA) is 68.3 Å². The van der Waals surface area contributed by atoms with Crippen molar-refractivity contribution < 1.29 is 14.3 Å². The first-order chi connectivity index (χ1) is 13.6. The Morgan fingerprint density at radius 2 is 1.89 bits per heavy atom. The summed E-state index contributed by atoms with van der Waals surface area (Å²) in [5, 5.41) is 3.88. The second-order valence-electron chi connectivity index (χ2n) is 6.15. The summed E-state index contributed by atoms with van der Waals surface area (Å²) in [7, 11) is 1.33. The van der Waals surface area contributed by atoms with E-state index in [1.54, 1.807) is 12.3 Å². The number of benzene rings is 2. The molecule has 5 nitrogen and oxygen atoms in total. The van der Waals surface area contributed by atoms with Gasteiger partial charge in [-0.05, 0) is 29.8 Å². The second-order valence-corrected chi connectivity index (χ2v) is 7.06. The highest BCUT2D eigenvalue weighted by molar-refractivity contribution is 9.10. The van der Waals surface area contributed by atoms with Crippen LogP contribution in [-0.2, 0) is 14.3 Å². The molecule has 1 amide bonds. The molecular weight excluding hydrogens is 420 g/mol. The number of fused-ring (bicyclic) bond motifs is 1. The van der Waals surface area contributed by atoms with Crippen molar-refractivity contribution in [3.63, 3.8) is 0 Å². The summed E-state index contributed by atoms with van der Waals surface area (Å²) >= 11 is 3.38. The zero-order valence-electron chi connectivity index (χ0n) is 15.3. The van der Waals surface area contributed by atoms with Gasteiger partial charge in [-0.1, -0.05) is 52.3 Å². The van der Waals surface area contributed by atoms with Crippen LogP contribution in [0.5, 0.6) is 0 Å². The van der Waals surface area contributed by atoms with E-state index in [1.807, 2.05) is 54.6 Å². The van der Waals surface area contributed by atoms with Crippen LogP contribution in [0.2, 0.25) is 0 Å². The highest BCUT2D eigenvalue weighted by Gasteiger charge is 2.18. The number of amides is 1. The Balaban J connectivity index is 1.78. The van der Waals surface area contributed by atoms with Crippen LogP contribution < -0.4 is 5.32 Å². The summed E-state index contributed by atoms with van der Waals surface area (Å²) in [4.78, 5) is 28.6. The van der Waals surface area contributed by atoms with Gasteiger partial charge >= 0.3 is 5.97 Å². The molecule has 1 heterocycles. The molecule has 0 bridgehead atoms. The highest BCUT2D eigenvalue weighted by atomic mass is 79.9. The molecule has 6 heteroatoms. The second kappa shape index (κ2) is 9.28. The van der Waals surface area contributed by atoms with Gasteiger partial charge in [0, 0.05) is 27.7 Å². The van der Waals surface area contributed by atoms with Crippen LogP contribution in [0.1, 0.15) is 23.6 Å². The van der Waals surface area contributed by atoms with E-state index >= 15 is 0 Å². The SMILES string of the molecule is COC(=O)CC(NC(=O)/C=C/c1cccc2cccnc12)c1ccc(Br)cc1. The molecule has 0 radical (unpaired) electrons. The first-order valence-corrected chi connectivity index (χ1v) is 9.50. The third kappa shape index (κ3) is 5.04. The molecule has 3 rings (SSSR count). The van der Waals surface area contributed by atoms with Crippen LogP contribution in [0.25, 0.3) is 17.0 Å². The maximum absolute atomic E-state index is 12.5. The van der Waals surface area contributed by atoms with E-state index in [0.717, 1.165) is 26.5 Å². The summed E-state index contributed by atoms with van der Waals surface area (Å²) < 4.78 is 5.68. The number of aromatic nitrogens is 1. The standard InChI is InChI=1S/C22H19BrN2O3/c1-28-21(27)14-19(15-7-10-18(23)11-8-15)25-20(26)12-9-17-5-2-4-16-6-3-13-24-22(16)17/h2-13,19H,14H2,1H3,(H,25,26)/b12-9+. The van der Waals surface area contributed by atoms with Crippen molar-refractivity contribution in [2.24, 2.45) is 0 Å². The average molecular weight is 439 g/mol. The number of para-hydroxylation sites is 1. The first kappa shape index (κ1) is 19.8. The lowest BCUT2D eigenvalue weighted by Gasteiger charge is -2.17. The fourth-order valence-electron chi connectivity index (χ4n) is 2.84. The van der Waals surface area contributed by atoms with Crippen molar-refractivity contribution >= 4 is 44.8 Å². The summed E-state index contributed by atoms with van der Waals surface area (Å²) in [5.74, 6) is -0.694. The number of hydrogen-bond donors (Lipinski definition) is 1. The molecule has 1 aromatic heterocycles. The number of nitrogens with zero attached hydrogens (tertiary/aromatic N) is 1. The van der Waals surface area contributed by atoms with Gasteiger partial charge < -0.3 is 10.1 Å². The van der Waals surface area contributed by atoms with Crippen molar-refractivity contribution in [1.29, 1.82) is 0 Å². The van der Waals surface area contributed by atoms with Crippen molar-refractivity contribution in [1.82, 2.24) is 10.3 Å². The lowest BCUT2D eigenvalue weighted by molar-refractivity contribution is -0.141. The number of nitrogens with one attached hydrogen (secondary N) is 1. The lowest BCUT2D eigenvalue weighted by Crippen LogP contribution is -2.29. The van der Waals surface area contributed by atoms with Gasteiger partial charge in [0.25, 0.3) is 0 Å². The Morgan fingerprint density at radius 1 is 1.14 bits per heavy atom. The maximum atomic E-state index is 12.5. The van der Waals surface area contributed by atoms with Gasteiger partial charge in [0.2, 0.25) is 5.91 Å². The summed E-state index contributed by atoms with van der Waals surface area (Å²) in [6.45, 7) is 0. The summed E-state index contributed by atoms with van der Waals surface area (Å²) in [6, 6.07) is 16.6. The Bertz CT molecular complexity index is 1010. The Kier molecular flexibility index (Phi) is 6.55. The van der Waals surface area contributed by atoms with Crippen LogP contribution in [0.3, 0.4) is 0 Å². The van der Waals surface area contributed by atoms with Crippen LogP contribution in [-0.4, -0.2) is 24.0 Å². The van der Waals surface area contributed by atoms with Gasteiger partial charge in [0.15, 0.2) is 0 Å². The van der Waals surface area contributed by atoms with Gasteiger partial charge in [0.1, 0.15) is 0 Å². The number of pyridine rings is 1. The van der Waals surface area contributed by atoms with Crippen molar-refractivity contribution in [3.8, 4) is 0 Å². The zero-order valence-corrected chi connectivity index (χ0v) is 16.8. The number of ether oxygens (including phenoxy) is 1. The Hall–Kier alpha value is -2.99. The van der Waals surface area contributed by atoms with E-state index in [-0.39, 0.29) is 12.3 Å². The normalized spacial score (nSPS) is 12.1. The third-order valence-corrected chi connectivity index (χ3v) is 4.79. The minimum absolute atomic E-state index is 0.0491. The quantitative estimate of drug-likeness (QED) is 0.456. The molecule has 3 aromatic rings. The van der Waals surface area contributed by atoms with E-state index < -0.39 is 12.0 Å². The molecule has 0 aliphatic rings. The average Bonchev–Trinajstić information content (AvgIpc) is 2.72. The van der Waals surface area contributed by atoms with Crippen molar-refractivity contribution in [2.75, 3.05) is 7.11 Å². The summed E-state index contributed by atoms with van der Waals surface area (Å²) in [5.41, 5.74) is 2.50. The first-order valence-electron chi connectivity index (χ1n) is 8.71. The molecule has 1 atom stereocenters. The van der Waals surface area contributed by atoms with Crippen molar-refractivity contribution in [2.45, 2.75) is 12.5 Å². The monoisotopic (exact) mass is 438 g/mol. The van der Waals surface area contributed by atoms with E-state index in [2.05, 4.69) is 26.2 Å². The molecule has 0 spiro atoms. The largest absolute Gasteiger partial charge is 0.469 e. The number of esters is 1. The molecule has 28 heavy (non-hydrogen) atoms. The molecule has 0 aliphatic heterocycles. The predicted octanol–water partition coefficient (Wildman–Crippen LogP) is 4.43. The molecule has 1 unspecified atom stereocenters. The molecule has 0 fully saturated rings. The third-order valence-electron chi connectivity index (χ3n) is 4.27. The van der Waals surface area contributed by atoms with Crippen LogP contribution in [0, 0.1) is 0 Å². The van der Waals surface area contributed by atoms with E-state index in [9.17, 15) is 9.59 Å². The zero-order chi connectivity index (χ0) is 19.9. The van der Waals surface area contributed by atoms with E-state index in [1.165, 1.54) is 13.2 Å². The fraction of sp³-hybridized carbons (Fsp3) is 0.136. The van der Waals surface area contributed by atoms with Crippen molar-refractivity contribution in [3.05, 3.63) is 82.5 Å². The van der Waals surface area contributed by atoms with E-state index in [4.69, 9.17) is 4.74 Å². The molecule has 2 aromatic carbocycles. The van der Waals surface area contributed by atoms with E-state index in [0.29, 0.717) is 0 Å².